The summed E-state index contributed by atoms with van der Waals surface area (Å²) < 4.78 is 111. The molecule has 0 aromatic heterocycles. The Kier molecular flexibility index (Phi) is 18.6. The number of urea groups is 1. The molecule has 1 aliphatic heterocycles. The quantitative estimate of drug-likeness (QED) is 0.0233. The van der Waals surface area contributed by atoms with Gasteiger partial charge in [-0.1, -0.05) is 0 Å². The lowest BCUT2D eigenvalue weighted by molar-refractivity contribution is -0.138. The van der Waals surface area contributed by atoms with E-state index < -0.39 is 110 Å². The summed E-state index contributed by atoms with van der Waals surface area (Å²) in [7, 11) is 0. The molecule has 1 fully saturated rings. The number of guanidine groups is 1. The maximum atomic E-state index is 14.5. The van der Waals surface area contributed by atoms with Gasteiger partial charge in [-0.15, -0.1) is 0 Å². The molecule has 26 heteroatoms. The molecule has 4 rings (SSSR count). The van der Waals surface area contributed by atoms with Gasteiger partial charge in [-0.05, 0) is 124 Å². The highest BCUT2D eigenvalue weighted by Crippen LogP contribution is 2.43. The average Bonchev–Trinajstić information content (AvgIpc) is 3.68. The predicted molar refractivity (Wildman–Crippen MR) is 250 cm³/mol. The van der Waals surface area contributed by atoms with Gasteiger partial charge in [0.25, 0.3) is 0 Å². The van der Waals surface area contributed by atoms with E-state index in [1.165, 1.54) is 29.2 Å². The van der Waals surface area contributed by atoms with Gasteiger partial charge in [0, 0.05) is 37.7 Å². The average molecular weight is 1030 g/mol. The second-order valence-electron chi connectivity index (χ2n) is 19.0. The number of benzene rings is 3. The van der Waals surface area contributed by atoms with E-state index in [2.05, 4.69) is 31.6 Å². The van der Waals surface area contributed by atoms with Crippen LogP contribution in [0.4, 0.5) is 68.3 Å². The highest BCUT2D eigenvalue weighted by atomic mass is 19.4. The fourth-order valence-corrected chi connectivity index (χ4v) is 6.24. The largest absolute Gasteiger partial charge is 0.733 e. The van der Waals surface area contributed by atoms with Crippen molar-refractivity contribution in [3.05, 3.63) is 70.9 Å². The third-order valence-corrected chi connectivity index (χ3v) is 9.13. The molecule has 1 heterocycles. The number of carbonyl (C=O) groups excluding carboxylic acids is 5. The molecule has 20 nitrogen and oxygen atoms in total. The molecule has 0 radical (unpaired) electrons. The monoisotopic (exact) mass is 1030 g/mol. The molecule has 0 unspecified atom stereocenters. The number of nitrogens with one attached hydrogen (secondary N) is 5. The van der Waals surface area contributed by atoms with Crippen molar-refractivity contribution in [3.63, 3.8) is 0 Å². The highest BCUT2D eigenvalue weighted by molar-refractivity contribution is 6.03. The lowest BCUT2D eigenvalue weighted by atomic mass is 10.1. The summed E-state index contributed by atoms with van der Waals surface area (Å²) in [6, 6.07) is 6.77. The topological polar surface area (TPSA) is 254 Å². The molecule has 0 saturated carbocycles. The van der Waals surface area contributed by atoms with Crippen molar-refractivity contribution in [1.82, 2.24) is 15.5 Å². The van der Waals surface area contributed by atoms with E-state index in [-0.39, 0.29) is 62.7 Å². The Morgan fingerprint density at radius 3 is 1.79 bits per heavy atom. The van der Waals surface area contributed by atoms with Crippen LogP contribution < -0.4 is 41.3 Å². The summed E-state index contributed by atoms with van der Waals surface area (Å²) in [5.41, 5.74) is -7.06. The van der Waals surface area contributed by atoms with Gasteiger partial charge in [0.05, 0.1) is 34.7 Å². The molecule has 1 saturated heterocycles. The van der Waals surface area contributed by atoms with Crippen molar-refractivity contribution < 1.29 is 79.2 Å². The van der Waals surface area contributed by atoms with Crippen LogP contribution in [0.25, 0.3) is 0 Å². The Bertz CT molecular complexity index is 2420. The number of hydrogen-bond acceptors (Lipinski definition) is 14. The summed E-state index contributed by atoms with van der Waals surface area (Å²) in [5, 5.41) is 31.6. The van der Waals surface area contributed by atoms with Crippen LogP contribution in [-0.2, 0) is 31.4 Å². The summed E-state index contributed by atoms with van der Waals surface area (Å²) in [4.78, 5) is 70.2. The summed E-state index contributed by atoms with van der Waals surface area (Å²) in [6.45, 7) is 14.7. The Balaban J connectivity index is 1.57. The van der Waals surface area contributed by atoms with Crippen molar-refractivity contribution in [2.24, 2.45) is 4.99 Å². The van der Waals surface area contributed by atoms with Crippen LogP contribution in [0.1, 0.15) is 99.1 Å². The fourth-order valence-electron chi connectivity index (χ4n) is 6.24. The first-order valence-electron chi connectivity index (χ1n) is 22.1. The molecule has 3 aromatic rings. The number of halogens is 6. The van der Waals surface area contributed by atoms with E-state index >= 15 is 0 Å². The summed E-state index contributed by atoms with van der Waals surface area (Å²) in [5.74, 6) is -2.07. The fraction of sp³-hybridized carbons (Fsp3) is 0.478. The van der Waals surface area contributed by atoms with Crippen molar-refractivity contribution in [2.45, 2.75) is 123 Å². The van der Waals surface area contributed by atoms with E-state index in [1.54, 1.807) is 62.3 Å². The van der Waals surface area contributed by atoms with Gasteiger partial charge >= 0.3 is 36.7 Å². The predicted octanol–water partition coefficient (Wildman–Crippen LogP) is 10.8. The van der Waals surface area contributed by atoms with E-state index in [0.29, 0.717) is 24.3 Å². The minimum absolute atomic E-state index is 0.00939. The van der Waals surface area contributed by atoms with Gasteiger partial charge < -0.3 is 55.0 Å². The highest BCUT2D eigenvalue weighted by Gasteiger charge is 2.36. The molecule has 396 valence electrons. The number of alkyl carbamates (subject to hydrolysis) is 2. The van der Waals surface area contributed by atoms with Gasteiger partial charge in [0.1, 0.15) is 34.4 Å². The second kappa shape index (κ2) is 23.3. The number of likely N-dealkylation sites (tertiary alicyclic amines) is 1. The van der Waals surface area contributed by atoms with Gasteiger partial charge in [0.2, 0.25) is 11.9 Å². The number of aliphatic imine (C=N–C) groups is 1. The molecule has 6 N–H and O–H groups in total. The zero-order chi connectivity index (χ0) is 54.0. The molecule has 0 bridgehead atoms. The first-order chi connectivity index (χ1) is 33.1. The van der Waals surface area contributed by atoms with Crippen LogP contribution in [0.2, 0.25) is 0 Å². The smallest absolute Gasteiger partial charge is 0.416 e. The summed E-state index contributed by atoms with van der Waals surface area (Å²) in [6.07, 6.45) is -13.2. The SMILES string of the molecule is CC(C)(C)OC(=O)NC(=NCCCCC(=O)Nc1cc(C(F)(F)F)cc(NC(=O)Nc2ccc(Oc3cc(N([O-])O)cc(C(F)(F)F)c3)cc2)c1O[C@@H]1CCN(C(=O)OC(C)(C)C)C1)NC(=O)OC(C)(C)C. The van der Waals surface area contributed by atoms with Crippen LogP contribution in [0, 0.1) is 5.21 Å². The number of hydrogen-bond donors (Lipinski definition) is 6. The molecular formula is C46H57F6N8O12-. The van der Waals surface area contributed by atoms with Crippen molar-refractivity contribution in [2.75, 3.05) is 40.8 Å². The summed E-state index contributed by atoms with van der Waals surface area (Å²) >= 11 is 0. The molecule has 3 aromatic carbocycles. The van der Waals surface area contributed by atoms with Gasteiger partial charge in [-0.2, -0.15) is 26.3 Å². The van der Waals surface area contributed by atoms with E-state index in [9.17, 15) is 60.7 Å². The number of ether oxygens (including phenoxy) is 5. The van der Waals surface area contributed by atoms with Crippen LogP contribution in [-0.4, -0.2) is 88.8 Å². The van der Waals surface area contributed by atoms with Crippen LogP contribution in [0.5, 0.6) is 17.2 Å². The lowest BCUT2D eigenvalue weighted by Gasteiger charge is -2.25. The van der Waals surface area contributed by atoms with Crippen LogP contribution in [0.15, 0.2) is 59.6 Å². The van der Waals surface area contributed by atoms with Crippen molar-refractivity contribution in [3.8, 4) is 17.2 Å². The van der Waals surface area contributed by atoms with Gasteiger partial charge in [-0.3, -0.25) is 25.6 Å². The number of rotatable bonds is 13. The Hall–Kier alpha value is -7.22. The minimum atomic E-state index is -5.03. The molecular weight excluding hydrogens is 971 g/mol. The molecule has 1 aliphatic rings. The zero-order valence-electron chi connectivity index (χ0n) is 40.8. The number of carbonyl (C=O) groups is 5. The molecule has 6 amide bonds. The molecule has 72 heavy (non-hydrogen) atoms. The molecule has 1 atom stereocenters. The maximum absolute atomic E-state index is 14.5. The Morgan fingerprint density at radius 2 is 1.26 bits per heavy atom. The standard InChI is InChI=1S/C46H57F6N8O12/c1-42(2,3)70-39(63)57-37(58-40(64)71-43(4,5)6)53-18-11-10-12-35(61)55-33-22-27(46(50,51)52)23-34(36(33)69-31-17-19-59(25-31)41(65)72-44(7,8)9)56-38(62)54-28-13-15-30(16-14-28)68-32-21-26(45(47,48)49)20-29(24-32)60(66)67/h13-16,20-24,31,66H,10-12,17-19,25H2,1-9H3,(H,55,61)(H2,54,56,62)(H2,53,57,58,63,64)/q-1/t31-/m1/s1. The number of amides is 6. The second-order valence-corrected chi connectivity index (χ2v) is 19.0. The first kappa shape index (κ1) is 57.4. The first-order valence-corrected chi connectivity index (χ1v) is 22.1. The van der Waals surface area contributed by atoms with Crippen molar-refractivity contribution in [1.29, 1.82) is 0 Å². The maximum Gasteiger partial charge on any atom is 0.416 e. The van der Waals surface area contributed by atoms with Gasteiger partial charge in [-0.25, -0.2) is 19.2 Å². The van der Waals surface area contributed by atoms with Gasteiger partial charge in [0.15, 0.2) is 5.75 Å². The Morgan fingerprint density at radius 1 is 0.722 bits per heavy atom. The third kappa shape index (κ3) is 19.5. The number of nitrogens with zero attached hydrogens (tertiary/aromatic N) is 3. The Labute approximate surface area is 410 Å². The number of unbranched alkanes of at least 4 members (excludes halogenated alkanes) is 1. The van der Waals surface area contributed by atoms with E-state index in [0.717, 1.165) is 6.07 Å². The normalized spacial score (nSPS) is 14.1. The van der Waals surface area contributed by atoms with E-state index in [1.807, 2.05) is 0 Å². The minimum Gasteiger partial charge on any atom is -0.733 e. The number of alkyl halides is 6. The van der Waals surface area contributed by atoms with Crippen molar-refractivity contribution >= 4 is 58.9 Å². The van der Waals surface area contributed by atoms with E-state index in [4.69, 9.17) is 23.7 Å². The van der Waals surface area contributed by atoms with Crippen LogP contribution >= 0.6 is 0 Å². The third-order valence-electron chi connectivity index (χ3n) is 9.13. The number of anilines is 4. The molecule has 0 spiro atoms. The van der Waals surface area contributed by atoms with Crippen LogP contribution in [0.3, 0.4) is 0 Å². The molecule has 0 aliphatic carbocycles. The zero-order valence-corrected chi connectivity index (χ0v) is 40.8. The lowest BCUT2D eigenvalue weighted by Crippen LogP contribution is -2.47.